The Morgan fingerprint density at radius 3 is 2.50 bits per heavy atom. The predicted molar refractivity (Wildman–Crippen MR) is 106 cm³/mol. The Hall–Kier alpha value is -2.03. The molecule has 142 valence electrons. The van der Waals surface area contributed by atoms with Crippen LogP contribution in [0.4, 0.5) is 5.69 Å². The molecule has 26 heavy (non-hydrogen) atoms. The van der Waals surface area contributed by atoms with Gasteiger partial charge in [0.2, 0.25) is 0 Å². The molecule has 0 spiro atoms. The number of carbonyl (C=O) groups excluding carboxylic acids is 1. The largest absolute Gasteiger partial charge is 0.340 e. The van der Waals surface area contributed by atoms with Crippen molar-refractivity contribution >= 4 is 35.3 Å². The highest BCUT2D eigenvalue weighted by Gasteiger charge is 2.18. The van der Waals surface area contributed by atoms with Gasteiger partial charge < -0.3 is 10.6 Å². The molecule has 0 aliphatic heterocycles. The van der Waals surface area contributed by atoms with Gasteiger partial charge in [0.1, 0.15) is 10.7 Å². The molecule has 0 aliphatic rings. The van der Waals surface area contributed by atoms with E-state index in [1.165, 1.54) is 23.5 Å². The van der Waals surface area contributed by atoms with Crippen molar-refractivity contribution in [3.8, 4) is 10.6 Å². The smallest absolute Gasteiger partial charge is 0.273 e. The zero-order valence-electron chi connectivity index (χ0n) is 14.9. The lowest BCUT2D eigenvalue weighted by Crippen LogP contribution is -2.34. The fourth-order valence-electron chi connectivity index (χ4n) is 2.20. The third kappa shape index (κ3) is 5.48. The van der Waals surface area contributed by atoms with Crippen molar-refractivity contribution in [3.05, 3.63) is 45.5 Å². The highest BCUT2D eigenvalue weighted by Crippen LogP contribution is 2.26. The van der Waals surface area contributed by atoms with Crippen LogP contribution in [0, 0.1) is 16.0 Å². The fraction of sp³-hybridized carbons (Fsp3) is 0.412. The van der Waals surface area contributed by atoms with Gasteiger partial charge in [-0.25, -0.2) is 4.98 Å². The van der Waals surface area contributed by atoms with Crippen LogP contribution in [0.1, 0.15) is 30.8 Å². The van der Waals surface area contributed by atoms with Crippen LogP contribution in [0.3, 0.4) is 0 Å². The molecule has 1 aromatic carbocycles. The second kappa shape index (κ2) is 9.61. The van der Waals surface area contributed by atoms with E-state index in [-0.39, 0.29) is 30.0 Å². The number of hydrogen-bond donors (Lipinski definition) is 1. The summed E-state index contributed by atoms with van der Waals surface area (Å²) in [7, 11) is 1.74. The van der Waals surface area contributed by atoms with Crippen LogP contribution >= 0.6 is 23.7 Å². The van der Waals surface area contributed by atoms with E-state index in [2.05, 4.69) is 18.8 Å². The normalized spacial score (nSPS) is 11.7. The molecule has 1 amide bonds. The number of rotatable bonds is 7. The number of nitro benzene ring substituents is 1. The van der Waals surface area contributed by atoms with Gasteiger partial charge in [-0.05, 0) is 24.5 Å². The van der Waals surface area contributed by atoms with Crippen molar-refractivity contribution in [3.63, 3.8) is 0 Å². The first-order valence-electron chi connectivity index (χ1n) is 8.01. The van der Waals surface area contributed by atoms with Crippen molar-refractivity contribution in [1.29, 1.82) is 0 Å². The molecule has 2 rings (SSSR count). The van der Waals surface area contributed by atoms with Gasteiger partial charge in [-0.2, -0.15) is 0 Å². The van der Waals surface area contributed by atoms with E-state index in [4.69, 9.17) is 5.73 Å². The zero-order valence-corrected chi connectivity index (χ0v) is 16.5. The molecule has 9 heteroatoms. The van der Waals surface area contributed by atoms with Crippen molar-refractivity contribution in [2.24, 2.45) is 11.7 Å². The molecule has 0 saturated carbocycles. The standard InChI is InChI=1S/C17H22N4O3S.ClH/c1-11(2)14(18)8-9-20(3)17(22)15-10-25-16(19-15)12-4-6-13(7-5-12)21(23)24;/h4-7,10-11,14H,8-9,18H2,1-3H3;1H. The molecule has 1 heterocycles. The molecule has 0 aliphatic carbocycles. The molecule has 1 aromatic heterocycles. The van der Waals surface area contributed by atoms with E-state index in [1.807, 2.05) is 0 Å². The van der Waals surface area contributed by atoms with E-state index in [0.29, 0.717) is 23.2 Å². The van der Waals surface area contributed by atoms with Gasteiger partial charge in [0.15, 0.2) is 0 Å². The number of non-ortho nitro benzene ring substituents is 1. The van der Waals surface area contributed by atoms with E-state index in [1.54, 1.807) is 29.5 Å². The van der Waals surface area contributed by atoms with Gasteiger partial charge in [0.25, 0.3) is 11.6 Å². The lowest BCUT2D eigenvalue weighted by Gasteiger charge is -2.20. The van der Waals surface area contributed by atoms with Crippen LogP contribution in [0.2, 0.25) is 0 Å². The lowest BCUT2D eigenvalue weighted by atomic mass is 10.0. The molecule has 0 saturated heterocycles. The monoisotopic (exact) mass is 398 g/mol. The number of nitrogens with two attached hydrogens (primary N) is 1. The molecular weight excluding hydrogens is 376 g/mol. The minimum Gasteiger partial charge on any atom is -0.340 e. The zero-order chi connectivity index (χ0) is 18.6. The maximum absolute atomic E-state index is 12.5. The summed E-state index contributed by atoms with van der Waals surface area (Å²) in [4.78, 5) is 28.7. The molecule has 0 fully saturated rings. The maximum Gasteiger partial charge on any atom is 0.273 e. The Labute approximate surface area is 162 Å². The predicted octanol–water partition coefficient (Wildman–Crippen LogP) is 3.59. The summed E-state index contributed by atoms with van der Waals surface area (Å²) in [5.41, 5.74) is 7.17. The summed E-state index contributed by atoms with van der Waals surface area (Å²) in [6.45, 7) is 4.69. The Balaban J connectivity index is 0.00000338. The molecule has 2 N–H and O–H groups in total. The summed E-state index contributed by atoms with van der Waals surface area (Å²) in [5.74, 6) is 0.219. The highest BCUT2D eigenvalue weighted by atomic mass is 35.5. The summed E-state index contributed by atoms with van der Waals surface area (Å²) < 4.78 is 0. The average Bonchev–Trinajstić information content (AvgIpc) is 3.08. The van der Waals surface area contributed by atoms with E-state index in [0.717, 1.165) is 12.0 Å². The number of nitrogens with zero attached hydrogens (tertiary/aromatic N) is 3. The average molecular weight is 399 g/mol. The number of benzene rings is 1. The molecular formula is C17H23ClN4O3S. The summed E-state index contributed by atoms with van der Waals surface area (Å²) in [5, 5.41) is 13.1. The van der Waals surface area contributed by atoms with Gasteiger partial charge in [0.05, 0.1) is 4.92 Å². The first-order chi connectivity index (χ1) is 11.8. The highest BCUT2D eigenvalue weighted by molar-refractivity contribution is 7.13. The maximum atomic E-state index is 12.5. The van der Waals surface area contributed by atoms with Crippen LogP contribution in [-0.2, 0) is 0 Å². The number of carbonyl (C=O) groups is 1. The Kier molecular flexibility index (Phi) is 8.13. The van der Waals surface area contributed by atoms with Crippen LogP contribution in [0.5, 0.6) is 0 Å². The number of aromatic nitrogens is 1. The minimum atomic E-state index is -0.447. The molecule has 1 unspecified atom stereocenters. The number of amides is 1. The number of nitro groups is 1. The Bertz CT molecular complexity index is 749. The van der Waals surface area contributed by atoms with Crippen molar-refractivity contribution in [2.75, 3.05) is 13.6 Å². The molecule has 2 aromatic rings. The summed E-state index contributed by atoms with van der Waals surface area (Å²) in [6.07, 6.45) is 0.735. The topological polar surface area (TPSA) is 102 Å². The number of halogens is 1. The van der Waals surface area contributed by atoms with Crippen molar-refractivity contribution in [2.45, 2.75) is 26.3 Å². The summed E-state index contributed by atoms with van der Waals surface area (Å²) in [6, 6.07) is 6.18. The molecule has 1 atom stereocenters. The quantitative estimate of drug-likeness (QED) is 0.567. The third-order valence-corrected chi connectivity index (χ3v) is 4.94. The van der Waals surface area contributed by atoms with E-state index < -0.39 is 4.92 Å². The van der Waals surface area contributed by atoms with Gasteiger partial charge in [-0.15, -0.1) is 23.7 Å². The van der Waals surface area contributed by atoms with Gasteiger partial charge in [0, 0.05) is 42.7 Å². The first kappa shape index (κ1) is 22.0. The second-order valence-corrected chi connectivity index (χ2v) is 7.12. The van der Waals surface area contributed by atoms with Gasteiger partial charge >= 0.3 is 0 Å². The SMILES string of the molecule is CC(C)C(N)CCN(C)C(=O)c1csc(-c2ccc([N+](=O)[O-])cc2)n1.Cl. The van der Waals surface area contributed by atoms with E-state index >= 15 is 0 Å². The third-order valence-electron chi connectivity index (χ3n) is 4.05. The summed E-state index contributed by atoms with van der Waals surface area (Å²) >= 11 is 1.34. The lowest BCUT2D eigenvalue weighted by molar-refractivity contribution is -0.384. The minimum absolute atomic E-state index is 0. The van der Waals surface area contributed by atoms with Crippen molar-refractivity contribution in [1.82, 2.24) is 9.88 Å². The van der Waals surface area contributed by atoms with Gasteiger partial charge in [-0.3, -0.25) is 14.9 Å². The van der Waals surface area contributed by atoms with E-state index in [9.17, 15) is 14.9 Å². The second-order valence-electron chi connectivity index (χ2n) is 6.27. The van der Waals surface area contributed by atoms with Crippen molar-refractivity contribution < 1.29 is 9.72 Å². The first-order valence-corrected chi connectivity index (χ1v) is 8.89. The molecule has 0 radical (unpaired) electrons. The Morgan fingerprint density at radius 1 is 1.35 bits per heavy atom. The van der Waals surface area contributed by atoms with Crippen LogP contribution in [-0.4, -0.2) is 40.3 Å². The fourth-order valence-corrected chi connectivity index (χ4v) is 3.00. The molecule has 7 nitrogen and oxygen atoms in total. The van der Waals surface area contributed by atoms with Gasteiger partial charge in [-0.1, -0.05) is 13.8 Å². The Morgan fingerprint density at radius 2 is 1.96 bits per heavy atom. The van der Waals surface area contributed by atoms with Crippen LogP contribution < -0.4 is 5.73 Å². The number of thiazole rings is 1. The number of hydrogen-bond acceptors (Lipinski definition) is 6. The van der Waals surface area contributed by atoms with Crippen LogP contribution in [0.15, 0.2) is 29.6 Å². The van der Waals surface area contributed by atoms with Crippen LogP contribution in [0.25, 0.3) is 10.6 Å². The molecule has 0 bridgehead atoms.